The van der Waals surface area contributed by atoms with Crippen LogP contribution in [0.3, 0.4) is 0 Å². The molecular weight excluding hydrogens is 86.1 g/mol. The number of aliphatic imine (C=N–C) groups is 1. The molecule has 1 heteroatoms. The molecule has 1 aliphatic rings. The number of hydrogen-bond donors (Lipinski definition) is 0. The quantitative estimate of drug-likeness (QED) is 0.345. The number of rotatable bonds is 1. The van der Waals surface area contributed by atoms with Gasteiger partial charge < -0.3 is 0 Å². The molecule has 36 valence electrons. The van der Waals surface area contributed by atoms with Crippen molar-refractivity contribution in [3.05, 3.63) is 18.2 Å². The first kappa shape index (κ1) is 4.44. The molecule has 1 nitrogen and oxygen atoms in total. The zero-order valence-electron chi connectivity index (χ0n) is 4.39. The summed E-state index contributed by atoms with van der Waals surface area (Å²) < 4.78 is 0. The fraction of sp³-hybridized carbons (Fsp3) is 0.333. The molecule has 0 amide bonds. The molecule has 0 saturated heterocycles. The smallest absolute Gasteiger partial charge is 0.169 e. The molecule has 0 aromatic rings. The minimum Gasteiger partial charge on any atom is -0.169 e. The Morgan fingerprint density at radius 3 is 2.86 bits per heavy atom. The highest BCUT2D eigenvalue weighted by Crippen LogP contribution is 2.16. The highest BCUT2D eigenvalue weighted by molar-refractivity contribution is 5.56. The lowest BCUT2D eigenvalue weighted by Gasteiger charge is -1.92. The summed E-state index contributed by atoms with van der Waals surface area (Å²) in [5, 5.41) is 0. The molecule has 0 spiro atoms. The predicted molar refractivity (Wildman–Crippen MR) is 31.2 cm³/mol. The van der Waals surface area contributed by atoms with Crippen LogP contribution in [0.15, 0.2) is 16.8 Å². The molecule has 0 N–H and O–H groups in total. The summed E-state index contributed by atoms with van der Waals surface area (Å²) in [6.45, 7) is 1.93. The van der Waals surface area contributed by atoms with Gasteiger partial charge in [-0.25, -0.2) is 0 Å². The molecule has 0 unspecified atom stereocenters. The van der Waals surface area contributed by atoms with Crippen molar-refractivity contribution >= 4 is 6.21 Å². The third-order valence-corrected chi connectivity index (χ3v) is 0.932. The Morgan fingerprint density at radius 1 is 2.00 bits per heavy atom. The second-order valence-electron chi connectivity index (χ2n) is 1.49. The van der Waals surface area contributed by atoms with Crippen LogP contribution in [0, 0.1) is 6.42 Å². The van der Waals surface area contributed by atoms with Gasteiger partial charge in [0.15, 0.2) is 5.70 Å². The number of nitrogens with zero attached hydrogens (tertiary/aromatic N) is 1. The molecular formula is C6H8N+. The van der Waals surface area contributed by atoms with Crippen LogP contribution in [-0.4, -0.2) is 6.21 Å². The summed E-state index contributed by atoms with van der Waals surface area (Å²) in [7, 11) is 0. The maximum Gasteiger partial charge on any atom is 0.195 e. The van der Waals surface area contributed by atoms with Gasteiger partial charge >= 0.3 is 0 Å². The van der Waals surface area contributed by atoms with E-state index < -0.39 is 0 Å². The van der Waals surface area contributed by atoms with E-state index >= 15 is 0 Å². The lowest BCUT2D eigenvalue weighted by Crippen LogP contribution is -1.89. The lowest BCUT2D eigenvalue weighted by molar-refractivity contribution is 1.03. The van der Waals surface area contributed by atoms with Crippen molar-refractivity contribution in [1.82, 2.24) is 0 Å². The predicted octanol–water partition coefficient (Wildman–Crippen LogP) is 1.57. The van der Waals surface area contributed by atoms with Crippen molar-refractivity contribution in [1.29, 1.82) is 0 Å². The van der Waals surface area contributed by atoms with Crippen molar-refractivity contribution in [2.45, 2.75) is 13.3 Å². The van der Waals surface area contributed by atoms with Gasteiger partial charge in [0.2, 0.25) is 0 Å². The van der Waals surface area contributed by atoms with Crippen molar-refractivity contribution in [2.24, 2.45) is 4.99 Å². The molecule has 1 rings (SSSR count). The Labute approximate surface area is 43.8 Å². The van der Waals surface area contributed by atoms with Gasteiger partial charge in [-0.05, 0) is 6.92 Å². The average molecular weight is 94.1 g/mol. The highest BCUT2D eigenvalue weighted by atomic mass is 14.7. The molecule has 0 aromatic carbocycles. The summed E-state index contributed by atoms with van der Waals surface area (Å²) in [4.78, 5) is 4.03. The molecule has 0 saturated carbocycles. The van der Waals surface area contributed by atoms with Gasteiger partial charge in [-0.15, -0.1) is 0 Å². The standard InChI is InChI=1S/C6H8N/c1-2-7-6-4-3-5-6/h2-4H,5H2,1H3/q+1. The molecule has 0 bridgehead atoms. The summed E-state index contributed by atoms with van der Waals surface area (Å²) in [5.74, 6) is 0. The van der Waals surface area contributed by atoms with E-state index in [1.54, 1.807) is 0 Å². The minimum atomic E-state index is 1.06. The first-order valence-corrected chi connectivity index (χ1v) is 2.44. The fourth-order valence-corrected chi connectivity index (χ4v) is 0.485. The van der Waals surface area contributed by atoms with Crippen molar-refractivity contribution in [2.75, 3.05) is 0 Å². The van der Waals surface area contributed by atoms with Crippen LogP contribution in [0.4, 0.5) is 0 Å². The van der Waals surface area contributed by atoms with Gasteiger partial charge in [-0.3, -0.25) is 0 Å². The van der Waals surface area contributed by atoms with E-state index in [4.69, 9.17) is 0 Å². The Hall–Kier alpha value is -0.720. The molecule has 0 aromatic heterocycles. The molecule has 1 aliphatic carbocycles. The van der Waals surface area contributed by atoms with Crippen LogP contribution in [0.2, 0.25) is 0 Å². The van der Waals surface area contributed by atoms with Gasteiger partial charge in [0.1, 0.15) is 12.5 Å². The topological polar surface area (TPSA) is 12.4 Å². The molecule has 0 aliphatic heterocycles. The highest BCUT2D eigenvalue weighted by Gasteiger charge is 2.13. The van der Waals surface area contributed by atoms with Crippen molar-refractivity contribution < 1.29 is 0 Å². The second-order valence-corrected chi connectivity index (χ2v) is 1.49. The van der Waals surface area contributed by atoms with Gasteiger partial charge in [-0.1, -0.05) is 0 Å². The van der Waals surface area contributed by atoms with Crippen LogP contribution in [-0.2, 0) is 0 Å². The fourth-order valence-electron chi connectivity index (χ4n) is 0.485. The molecule has 0 heterocycles. The van der Waals surface area contributed by atoms with Gasteiger partial charge in [0.25, 0.3) is 0 Å². The maximum absolute atomic E-state index is 4.03. The maximum atomic E-state index is 4.03. The molecule has 7 heavy (non-hydrogen) atoms. The van der Waals surface area contributed by atoms with Crippen LogP contribution in [0.5, 0.6) is 0 Å². The van der Waals surface area contributed by atoms with Crippen molar-refractivity contribution in [3.8, 4) is 0 Å². The van der Waals surface area contributed by atoms with Gasteiger partial charge in [0.05, 0.1) is 6.42 Å². The largest absolute Gasteiger partial charge is 0.195 e. The summed E-state index contributed by atoms with van der Waals surface area (Å²) in [6.07, 6.45) is 7.01. The summed E-state index contributed by atoms with van der Waals surface area (Å²) in [5.41, 5.74) is 1.20. The van der Waals surface area contributed by atoms with Crippen LogP contribution in [0.1, 0.15) is 13.3 Å². The first-order chi connectivity index (χ1) is 3.43. The van der Waals surface area contributed by atoms with Gasteiger partial charge in [-0.2, -0.15) is 4.99 Å². The van der Waals surface area contributed by atoms with E-state index in [0.29, 0.717) is 0 Å². The first-order valence-electron chi connectivity index (χ1n) is 2.44. The van der Waals surface area contributed by atoms with E-state index in [9.17, 15) is 0 Å². The van der Waals surface area contributed by atoms with Gasteiger partial charge in [0, 0.05) is 6.21 Å². The van der Waals surface area contributed by atoms with E-state index in [0.717, 1.165) is 6.42 Å². The third-order valence-electron chi connectivity index (χ3n) is 0.932. The Morgan fingerprint density at radius 2 is 2.71 bits per heavy atom. The summed E-state index contributed by atoms with van der Waals surface area (Å²) in [6, 6.07) is 0. The van der Waals surface area contributed by atoms with E-state index in [2.05, 4.69) is 11.4 Å². The van der Waals surface area contributed by atoms with E-state index in [1.165, 1.54) is 5.70 Å². The number of allylic oxidation sites excluding steroid dienone is 2. The minimum absolute atomic E-state index is 1.06. The normalized spacial score (nSPS) is 18.1. The average Bonchev–Trinajstić information content (AvgIpc) is 1.55. The Bertz CT molecular complexity index is 111. The lowest BCUT2D eigenvalue weighted by atomic mass is 10.1. The molecule has 0 radical (unpaired) electrons. The van der Waals surface area contributed by atoms with E-state index in [-0.39, 0.29) is 0 Å². The van der Waals surface area contributed by atoms with Crippen molar-refractivity contribution in [3.63, 3.8) is 0 Å². The zero-order valence-corrected chi connectivity index (χ0v) is 4.39. The Balaban J connectivity index is 2.41. The summed E-state index contributed by atoms with van der Waals surface area (Å²) >= 11 is 0. The van der Waals surface area contributed by atoms with E-state index in [1.807, 2.05) is 19.2 Å². The van der Waals surface area contributed by atoms with Crippen LogP contribution >= 0.6 is 0 Å². The second kappa shape index (κ2) is 1.82. The monoisotopic (exact) mass is 94.1 g/mol. The number of hydrogen-bond acceptors (Lipinski definition) is 1. The zero-order chi connectivity index (χ0) is 5.11. The Kier molecular flexibility index (Phi) is 1.16. The SMILES string of the molecule is CC=NC1=C[CH+]C1. The molecule has 0 fully saturated rings. The van der Waals surface area contributed by atoms with Crippen LogP contribution in [0.25, 0.3) is 0 Å². The third kappa shape index (κ3) is 0.829. The molecule has 0 atom stereocenters. The van der Waals surface area contributed by atoms with Crippen LogP contribution < -0.4 is 0 Å².